The van der Waals surface area contributed by atoms with Crippen LogP contribution in [0, 0.1) is 0 Å². The Bertz CT molecular complexity index is 1300. The minimum absolute atomic E-state index is 0.0502. The molecule has 2 amide bonds. The SMILES string of the molecule is CCCCOC(=O)c1ccc(-c2ccc(/C=C3/SC(=O)N(Cc4ccc(Cl)cc4Cl)C3=O)o2)cc1. The van der Waals surface area contributed by atoms with E-state index in [9.17, 15) is 14.4 Å². The maximum Gasteiger partial charge on any atom is 0.338 e. The smallest absolute Gasteiger partial charge is 0.338 e. The lowest BCUT2D eigenvalue weighted by atomic mass is 10.1. The van der Waals surface area contributed by atoms with Crippen LogP contribution in [0.1, 0.15) is 41.4 Å². The number of ether oxygens (including phenoxy) is 1. The summed E-state index contributed by atoms with van der Waals surface area (Å²) in [6.07, 6.45) is 3.32. The van der Waals surface area contributed by atoms with Crippen molar-refractivity contribution < 1.29 is 23.5 Å². The highest BCUT2D eigenvalue weighted by Crippen LogP contribution is 2.35. The van der Waals surface area contributed by atoms with Gasteiger partial charge in [0.1, 0.15) is 11.5 Å². The summed E-state index contributed by atoms with van der Waals surface area (Å²) >= 11 is 13.0. The first-order valence-electron chi connectivity index (χ1n) is 10.9. The van der Waals surface area contributed by atoms with Gasteiger partial charge in [0.05, 0.1) is 23.6 Å². The number of unbranched alkanes of at least 4 members (excludes halogenated alkanes) is 1. The summed E-state index contributed by atoms with van der Waals surface area (Å²) in [7, 11) is 0. The molecule has 0 atom stereocenters. The number of imide groups is 1. The largest absolute Gasteiger partial charge is 0.462 e. The monoisotopic (exact) mass is 529 g/mol. The second-order valence-electron chi connectivity index (χ2n) is 7.77. The zero-order valence-electron chi connectivity index (χ0n) is 18.8. The summed E-state index contributed by atoms with van der Waals surface area (Å²) < 4.78 is 11.1. The predicted octanol–water partition coefficient (Wildman–Crippen LogP) is 7.45. The molecule has 9 heteroatoms. The van der Waals surface area contributed by atoms with E-state index in [4.69, 9.17) is 32.4 Å². The van der Waals surface area contributed by atoms with Crippen LogP contribution in [0.5, 0.6) is 0 Å². The quantitative estimate of drug-likeness (QED) is 0.171. The first-order valence-corrected chi connectivity index (χ1v) is 12.5. The van der Waals surface area contributed by atoms with Crippen LogP contribution < -0.4 is 0 Å². The van der Waals surface area contributed by atoms with E-state index >= 15 is 0 Å². The molecule has 35 heavy (non-hydrogen) atoms. The van der Waals surface area contributed by atoms with Crippen LogP contribution in [0.3, 0.4) is 0 Å². The molecule has 1 fully saturated rings. The number of furan rings is 1. The molecule has 0 unspecified atom stereocenters. The van der Waals surface area contributed by atoms with Crippen molar-refractivity contribution in [3.63, 3.8) is 0 Å². The van der Waals surface area contributed by atoms with Crippen LogP contribution in [0.4, 0.5) is 4.79 Å². The molecule has 0 spiro atoms. The topological polar surface area (TPSA) is 76.8 Å². The molecule has 0 N–H and O–H groups in total. The molecule has 6 nitrogen and oxygen atoms in total. The van der Waals surface area contributed by atoms with E-state index in [1.54, 1.807) is 54.6 Å². The van der Waals surface area contributed by atoms with E-state index in [1.165, 1.54) is 6.08 Å². The number of thioether (sulfide) groups is 1. The van der Waals surface area contributed by atoms with Crippen LogP contribution in [0.25, 0.3) is 17.4 Å². The summed E-state index contributed by atoms with van der Waals surface area (Å²) in [5.41, 5.74) is 1.85. The third-order valence-electron chi connectivity index (χ3n) is 5.25. The molecule has 1 saturated heterocycles. The summed E-state index contributed by atoms with van der Waals surface area (Å²) in [5.74, 6) is 0.211. The molecule has 1 aromatic heterocycles. The average molecular weight is 530 g/mol. The number of hydrogen-bond donors (Lipinski definition) is 0. The Kier molecular flexibility index (Phi) is 8.00. The average Bonchev–Trinajstić information content (AvgIpc) is 3.41. The van der Waals surface area contributed by atoms with Crippen LogP contribution >= 0.6 is 35.0 Å². The number of carbonyl (C=O) groups excluding carboxylic acids is 3. The highest BCUT2D eigenvalue weighted by molar-refractivity contribution is 8.18. The molecule has 0 radical (unpaired) electrons. The van der Waals surface area contributed by atoms with Crippen LogP contribution in [-0.4, -0.2) is 28.6 Å². The maximum atomic E-state index is 12.8. The second kappa shape index (κ2) is 11.2. The zero-order chi connectivity index (χ0) is 24.9. The molecule has 0 bridgehead atoms. The van der Waals surface area contributed by atoms with Crippen molar-refractivity contribution in [2.24, 2.45) is 0 Å². The van der Waals surface area contributed by atoms with Gasteiger partial charge in [0.25, 0.3) is 11.1 Å². The number of benzene rings is 2. The highest BCUT2D eigenvalue weighted by atomic mass is 35.5. The summed E-state index contributed by atoms with van der Waals surface area (Å²) in [6.45, 7) is 2.48. The Morgan fingerprint density at radius 1 is 1.09 bits per heavy atom. The predicted molar refractivity (Wildman–Crippen MR) is 137 cm³/mol. The fourth-order valence-electron chi connectivity index (χ4n) is 3.33. The number of nitrogens with zero attached hydrogens (tertiary/aromatic N) is 1. The molecule has 2 aromatic carbocycles. The molecule has 180 valence electrons. The summed E-state index contributed by atoms with van der Waals surface area (Å²) in [6, 6.07) is 15.3. The Hall–Kier alpha value is -3.00. The van der Waals surface area contributed by atoms with Gasteiger partial charge < -0.3 is 9.15 Å². The highest BCUT2D eigenvalue weighted by Gasteiger charge is 2.35. The minimum Gasteiger partial charge on any atom is -0.462 e. The van der Waals surface area contributed by atoms with Gasteiger partial charge in [0, 0.05) is 21.7 Å². The second-order valence-corrected chi connectivity index (χ2v) is 9.61. The van der Waals surface area contributed by atoms with Gasteiger partial charge in [-0.1, -0.05) is 54.7 Å². The van der Waals surface area contributed by atoms with E-state index in [0.717, 1.165) is 35.1 Å². The normalized spacial score (nSPS) is 14.7. The minimum atomic E-state index is -0.421. The third-order valence-corrected chi connectivity index (χ3v) is 6.75. The fourth-order valence-corrected chi connectivity index (χ4v) is 4.62. The molecule has 1 aliphatic heterocycles. The number of halogens is 2. The first-order chi connectivity index (χ1) is 16.9. The Morgan fingerprint density at radius 3 is 2.57 bits per heavy atom. The van der Waals surface area contributed by atoms with Gasteiger partial charge >= 0.3 is 5.97 Å². The van der Waals surface area contributed by atoms with Gasteiger partial charge in [-0.15, -0.1) is 0 Å². The van der Waals surface area contributed by atoms with Gasteiger partial charge in [0.2, 0.25) is 0 Å². The van der Waals surface area contributed by atoms with E-state index in [1.807, 2.05) is 6.92 Å². The van der Waals surface area contributed by atoms with Crippen molar-refractivity contribution in [2.75, 3.05) is 6.61 Å². The van der Waals surface area contributed by atoms with Crippen LogP contribution in [0.15, 0.2) is 63.9 Å². The van der Waals surface area contributed by atoms with Gasteiger partial charge in [0.15, 0.2) is 0 Å². The van der Waals surface area contributed by atoms with Crippen LogP contribution in [-0.2, 0) is 16.1 Å². The maximum absolute atomic E-state index is 12.8. The molecule has 2 heterocycles. The van der Waals surface area contributed by atoms with Crippen LogP contribution in [0.2, 0.25) is 10.0 Å². The van der Waals surface area contributed by atoms with Crippen molar-refractivity contribution in [1.29, 1.82) is 0 Å². The number of rotatable bonds is 8. The molecule has 1 aliphatic rings. The zero-order valence-corrected chi connectivity index (χ0v) is 21.1. The number of hydrogen-bond acceptors (Lipinski definition) is 6. The Balaban J connectivity index is 1.44. The number of carbonyl (C=O) groups is 3. The number of esters is 1. The number of amides is 2. The van der Waals surface area contributed by atoms with Gasteiger partial charge in [-0.05, 0) is 60.1 Å². The van der Waals surface area contributed by atoms with E-state index in [-0.39, 0.29) is 22.7 Å². The van der Waals surface area contributed by atoms with Crippen molar-refractivity contribution >= 4 is 58.2 Å². The lowest BCUT2D eigenvalue weighted by Crippen LogP contribution is -2.27. The first kappa shape index (κ1) is 25.1. The third kappa shape index (κ3) is 5.99. The van der Waals surface area contributed by atoms with Crippen molar-refractivity contribution in [3.8, 4) is 11.3 Å². The standard InChI is InChI=1S/C26H21Cl2NO5S/c1-2-3-12-33-25(31)17-6-4-16(5-7-17)22-11-10-20(34-22)14-23-24(30)29(26(32)35-23)15-18-8-9-19(27)13-21(18)28/h4-11,13-14H,2-3,12,15H2,1H3/b23-14+. The van der Waals surface area contributed by atoms with E-state index in [0.29, 0.717) is 39.3 Å². The van der Waals surface area contributed by atoms with E-state index < -0.39 is 5.91 Å². The summed E-state index contributed by atoms with van der Waals surface area (Å²) in [4.78, 5) is 38.7. The van der Waals surface area contributed by atoms with E-state index in [2.05, 4.69) is 0 Å². The summed E-state index contributed by atoms with van der Waals surface area (Å²) in [5, 5.41) is 0.472. The van der Waals surface area contributed by atoms with Crippen molar-refractivity contribution in [3.05, 3.63) is 86.4 Å². The van der Waals surface area contributed by atoms with Gasteiger partial charge in [-0.2, -0.15) is 0 Å². The molecule has 0 aliphatic carbocycles. The molecule has 3 aromatic rings. The lowest BCUT2D eigenvalue weighted by molar-refractivity contribution is -0.123. The molecule has 4 rings (SSSR count). The molecular weight excluding hydrogens is 509 g/mol. The van der Waals surface area contributed by atoms with Crippen molar-refractivity contribution in [1.82, 2.24) is 4.90 Å². The van der Waals surface area contributed by atoms with Crippen molar-refractivity contribution in [2.45, 2.75) is 26.3 Å². The fraction of sp³-hybridized carbons (Fsp3) is 0.192. The van der Waals surface area contributed by atoms with Gasteiger partial charge in [-0.3, -0.25) is 14.5 Å². The lowest BCUT2D eigenvalue weighted by Gasteiger charge is -2.13. The Labute approximate surface area is 216 Å². The molecule has 0 saturated carbocycles. The molecular formula is C26H21Cl2NO5S. The van der Waals surface area contributed by atoms with Gasteiger partial charge in [-0.25, -0.2) is 4.79 Å². The Morgan fingerprint density at radius 2 is 1.86 bits per heavy atom.